The molecular weight excluding hydrogens is 334 g/mol. The Morgan fingerprint density at radius 2 is 2.16 bits per heavy atom. The lowest BCUT2D eigenvalue weighted by atomic mass is 9.95. The number of piperidine rings is 1. The number of hydrogen-bond acceptors (Lipinski definition) is 6. The molecule has 0 radical (unpaired) electrons. The minimum absolute atomic E-state index is 0.464. The van der Waals surface area contributed by atoms with E-state index in [-0.39, 0.29) is 0 Å². The first-order valence-electron chi connectivity index (χ1n) is 8.38. The van der Waals surface area contributed by atoms with E-state index < -0.39 is 0 Å². The van der Waals surface area contributed by atoms with Gasteiger partial charge in [-0.3, -0.25) is 5.10 Å². The summed E-state index contributed by atoms with van der Waals surface area (Å²) in [5.74, 6) is 2.22. The van der Waals surface area contributed by atoms with Crippen LogP contribution in [0.3, 0.4) is 0 Å². The maximum atomic E-state index is 4.83. The van der Waals surface area contributed by atoms with Crippen LogP contribution in [0.25, 0.3) is 17.0 Å². The first-order chi connectivity index (χ1) is 12.4. The Hall–Kier alpha value is -2.74. The molecule has 25 heavy (non-hydrogen) atoms. The molecule has 0 aromatic carbocycles. The topological polar surface area (TPSA) is 75.0 Å². The summed E-state index contributed by atoms with van der Waals surface area (Å²) in [5, 5.41) is 24.7. The smallest absolute Gasteiger partial charge is 0.186 e. The summed E-state index contributed by atoms with van der Waals surface area (Å²) in [6.07, 6.45) is 4.14. The summed E-state index contributed by atoms with van der Waals surface area (Å²) in [4.78, 5) is 2.34. The zero-order valence-electron chi connectivity index (χ0n) is 13.5. The Morgan fingerprint density at radius 3 is 3.00 bits per heavy atom. The van der Waals surface area contributed by atoms with Crippen molar-refractivity contribution in [3.8, 4) is 11.4 Å². The molecule has 1 N–H and O–H groups in total. The number of anilines is 1. The second-order valence-electron chi connectivity index (χ2n) is 6.29. The molecule has 1 saturated heterocycles. The summed E-state index contributed by atoms with van der Waals surface area (Å²) < 4.78 is 1.84. The van der Waals surface area contributed by atoms with Gasteiger partial charge in [-0.1, -0.05) is 0 Å². The van der Waals surface area contributed by atoms with Crippen LogP contribution in [0.2, 0.25) is 0 Å². The summed E-state index contributed by atoms with van der Waals surface area (Å²) in [7, 11) is 0. The number of H-pyrrole nitrogens is 1. The molecule has 1 unspecified atom stereocenters. The summed E-state index contributed by atoms with van der Waals surface area (Å²) in [5.41, 5.74) is 3.03. The van der Waals surface area contributed by atoms with Gasteiger partial charge in [0.05, 0.1) is 0 Å². The van der Waals surface area contributed by atoms with Crippen molar-refractivity contribution < 1.29 is 0 Å². The third-order valence-corrected chi connectivity index (χ3v) is 5.42. The highest BCUT2D eigenvalue weighted by molar-refractivity contribution is 7.08. The molecule has 5 heterocycles. The van der Waals surface area contributed by atoms with Crippen molar-refractivity contribution in [1.82, 2.24) is 30.0 Å². The van der Waals surface area contributed by atoms with Crippen molar-refractivity contribution in [2.45, 2.75) is 18.8 Å². The van der Waals surface area contributed by atoms with Crippen molar-refractivity contribution in [2.75, 3.05) is 18.0 Å². The van der Waals surface area contributed by atoms with Crippen molar-refractivity contribution in [1.29, 1.82) is 0 Å². The fourth-order valence-electron chi connectivity index (χ4n) is 3.45. The molecule has 0 saturated carbocycles. The maximum absolute atomic E-state index is 4.83. The number of aromatic nitrogens is 6. The SMILES string of the molecule is c1cc(C2CCCN(c3ccc4nnc(-c5ccsc5)n4n3)C2)[nH]n1. The van der Waals surface area contributed by atoms with Gasteiger partial charge in [-0.15, -0.1) is 15.3 Å². The number of nitrogens with one attached hydrogen (secondary N) is 1. The number of aromatic amines is 1. The van der Waals surface area contributed by atoms with E-state index in [9.17, 15) is 0 Å². The molecule has 0 amide bonds. The van der Waals surface area contributed by atoms with Crippen LogP contribution in [0.1, 0.15) is 24.5 Å². The standard InChI is InChI=1S/C17H17N7S/c1-2-12(14-5-7-18-19-14)10-23(8-1)16-4-3-15-20-21-17(24(15)22-16)13-6-9-25-11-13/h3-7,9,11-12H,1-2,8,10H2,(H,18,19). The predicted octanol–water partition coefficient (Wildman–Crippen LogP) is 2.96. The van der Waals surface area contributed by atoms with Gasteiger partial charge in [-0.25, -0.2) is 0 Å². The van der Waals surface area contributed by atoms with Crippen LogP contribution in [0.5, 0.6) is 0 Å². The van der Waals surface area contributed by atoms with Gasteiger partial charge in [0.2, 0.25) is 0 Å². The van der Waals surface area contributed by atoms with E-state index in [0.717, 1.165) is 42.4 Å². The second kappa shape index (κ2) is 5.96. The zero-order chi connectivity index (χ0) is 16.6. The molecule has 4 aromatic heterocycles. The van der Waals surface area contributed by atoms with Gasteiger partial charge in [-0.2, -0.15) is 21.0 Å². The average Bonchev–Trinajstić information content (AvgIpc) is 3.41. The van der Waals surface area contributed by atoms with E-state index in [2.05, 4.69) is 36.7 Å². The van der Waals surface area contributed by atoms with Crippen LogP contribution in [-0.2, 0) is 0 Å². The van der Waals surface area contributed by atoms with Crippen LogP contribution in [0.4, 0.5) is 5.82 Å². The third kappa shape index (κ3) is 2.58. The number of nitrogens with zero attached hydrogens (tertiary/aromatic N) is 6. The van der Waals surface area contributed by atoms with Gasteiger partial charge in [0.15, 0.2) is 11.5 Å². The Morgan fingerprint density at radius 1 is 1.16 bits per heavy atom. The Kier molecular flexibility index (Phi) is 3.48. The lowest BCUT2D eigenvalue weighted by Gasteiger charge is -2.32. The molecule has 5 rings (SSSR count). The summed E-state index contributed by atoms with van der Waals surface area (Å²) in [6.45, 7) is 1.95. The Balaban J connectivity index is 1.49. The van der Waals surface area contributed by atoms with Gasteiger partial charge in [0.25, 0.3) is 0 Å². The van der Waals surface area contributed by atoms with Gasteiger partial charge in [-0.05, 0) is 42.5 Å². The minimum atomic E-state index is 0.464. The van der Waals surface area contributed by atoms with Crippen LogP contribution in [-0.4, -0.2) is 43.1 Å². The van der Waals surface area contributed by atoms with Crippen molar-refractivity contribution in [2.24, 2.45) is 0 Å². The van der Waals surface area contributed by atoms with Gasteiger partial charge >= 0.3 is 0 Å². The first-order valence-corrected chi connectivity index (χ1v) is 9.32. The largest absolute Gasteiger partial charge is 0.355 e. The van der Waals surface area contributed by atoms with E-state index in [1.165, 1.54) is 12.1 Å². The molecule has 7 nitrogen and oxygen atoms in total. The van der Waals surface area contributed by atoms with Crippen molar-refractivity contribution in [3.63, 3.8) is 0 Å². The number of rotatable bonds is 3. The van der Waals surface area contributed by atoms with Crippen LogP contribution < -0.4 is 4.90 Å². The van der Waals surface area contributed by atoms with Crippen LogP contribution >= 0.6 is 11.3 Å². The molecule has 1 aliphatic heterocycles. The fraction of sp³-hybridized carbons (Fsp3) is 0.294. The van der Waals surface area contributed by atoms with Crippen LogP contribution in [0.15, 0.2) is 41.2 Å². The van der Waals surface area contributed by atoms with E-state index >= 15 is 0 Å². The summed E-state index contributed by atoms with van der Waals surface area (Å²) >= 11 is 1.65. The lowest BCUT2D eigenvalue weighted by molar-refractivity contribution is 0.496. The van der Waals surface area contributed by atoms with Gasteiger partial charge in [0.1, 0.15) is 5.82 Å². The van der Waals surface area contributed by atoms with E-state index in [4.69, 9.17) is 5.10 Å². The minimum Gasteiger partial charge on any atom is -0.355 e. The predicted molar refractivity (Wildman–Crippen MR) is 96.9 cm³/mol. The first kappa shape index (κ1) is 14.6. The number of hydrogen-bond donors (Lipinski definition) is 1. The molecule has 126 valence electrons. The molecule has 1 fully saturated rings. The van der Waals surface area contributed by atoms with Crippen molar-refractivity contribution in [3.05, 3.63) is 46.9 Å². The van der Waals surface area contributed by atoms with Gasteiger partial charge in [0, 0.05) is 41.8 Å². The maximum Gasteiger partial charge on any atom is 0.186 e. The van der Waals surface area contributed by atoms with Gasteiger partial charge < -0.3 is 4.90 Å². The lowest BCUT2D eigenvalue weighted by Crippen LogP contribution is -2.35. The van der Waals surface area contributed by atoms with E-state index in [0.29, 0.717) is 5.92 Å². The highest BCUT2D eigenvalue weighted by Crippen LogP contribution is 2.28. The second-order valence-corrected chi connectivity index (χ2v) is 7.07. The fourth-order valence-corrected chi connectivity index (χ4v) is 4.09. The normalized spacial score (nSPS) is 18.1. The molecule has 8 heteroatoms. The highest BCUT2D eigenvalue weighted by Gasteiger charge is 2.24. The molecule has 1 aliphatic rings. The molecule has 1 atom stereocenters. The molecule has 0 spiro atoms. The number of fused-ring (bicyclic) bond motifs is 1. The zero-order valence-corrected chi connectivity index (χ0v) is 14.4. The molecule has 4 aromatic rings. The molecule has 0 bridgehead atoms. The molecule has 0 aliphatic carbocycles. The molecular formula is C17H17N7S. The van der Waals surface area contributed by atoms with E-state index in [1.807, 2.05) is 34.3 Å². The Labute approximate surface area is 148 Å². The van der Waals surface area contributed by atoms with E-state index in [1.54, 1.807) is 11.3 Å². The quantitative estimate of drug-likeness (QED) is 0.614. The Bertz CT molecular complexity index is 974. The average molecular weight is 351 g/mol. The number of thiophene rings is 1. The monoisotopic (exact) mass is 351 g/mol. The summed E-state index contributed by atoms with van der Waals surface area (Å²) in [6, 6.07) is 8.14. The van der Waals surface area contributed by atoms with Crippen LogP contribution in [0, 0.1) is 0 Å². The third-order valence-electron chi connectivity index (χ3n) is 4.74. The van der Waals surface area contributed by atoms with Crippen molar-refractivity contribution >= 4 is 22.8 Å². The highest BCUT2D eigenvalue weighted by atomic mass is 32.1.